The lowest BCUT2D eigenvalue weighted by molar-refractivity contribution is 0.602. The maximum absolute atomic E-state index is 10.9. The van der Waals surface area contributed by atoms with Crippen molar-refractivity contribution in [2.45, 2.75) is 0 Å². The monoisotopic (exact) mass is 260 g/mol. The van der Waals surface area contributed by atoms with Gasteiger partial charge < -0.3 is 11.1 Å². The SMILES string of the molecule is CS(=O)(=O)CCNc1cnc(C(N)=S)cn1. The molecule has 1 heterocycles. The van der Waals surface area contributed by atoms with E-state index in [1.807, 2.05) is 0 Å². The number of sulfone groups is 1. The Labute approximate surface area is 99.2 Å². The zero-order valence-corrected chi connectivity index (χ0v) is 10.3. The summed E-state index contributed by atoms with van der Waals surface area (Å²) < 4.78 is 21.7. The van der Waals surface area contributed by atoms with E-state index in [1.54, 1.807) is 0 Å². The third kappa shape index (κ3) is 4.49. The molecule has 0 bridgehead atoms. The quantitative estimate of drug-likeness (QED) is 0.693. The minimum absolute atomic E-state index is 0.0474. The van der Waals surface area contributed by atoms with Crippen LogP contribution in [0.1, 0.15) is 5.69 Å². The number of nitrogens with two attached hydrogens (primary N) is 1. The van der Waals surface area contributed by atoms with Crippen LogP contribution < -0.4 is 11.1 Å². The highest BCUT2D eigenvalue weighted by atomic mass is 32.2. The van der Waals surface area contributed by atoms with Crippen molar-refractivity contribution in [1.29, 1.82) is 0 Å². The number of anilines is 1. The molecule has 0 aliphatic carbocycles. The summed E-state index contributed by atoms with van der Waals surface area (Å²) in [6.07, 6.45) is 4.07. The van der Waals surface area contributed by atoms with Crippen molar-refractivity contribution >= 4 is 32.9 Å². The molecule has 6 nitrogen and oxygen atoms in total. The Bertz CT molecular complexity index is 469. The second-order valence-electron chi connectivity index (χ2n) is 3.21. The standard InChI is InChI=1S/C8H12N4O2S2/c1-16(13,14)3-2-10-7-5-11-6(4-12-7)8(9)15/h4-5H,2-3H2,1H3,(H2,9,15)(H,10,12). The van der Waals surface area contributed by atoms with Crippen LogP contribution in [0.3, 0.4) is 0 Å². The molecule has 0 fully saturated rings. The van der Waals surface area contributed by atoms with Gasteiger partial charge in [-0.05, 0) is 0 Å². The molecule has 0 aliphatic rings. The Kier molecular flexibility index (Phi) is 4.13. The zero-order chi connectivity index (χ0) is 12.2. The molecule has 1 rings (SSSR count). The Morgan fingerprint density at radius 3 is 2.62 bits per heavy atom. The van der Waals surface area contributed by atoms with Crippen LogP contribution in [0.2, 0.25) is 0 Å². The molecule has 0 unspecified atom stereocenters. The summed E-state index contributed by atoms with van der Waals surface area (Å²) in [6.45, 7) is 0.292. The summed E-state index contributed by atoms with van der Waals surface area (Å²) in [5.41, 5.74) is 5.78. The molecule has 16 heavy (non-hydrogen) atoms. The van der Waals surface area contributed by atoms with Crippen LogP contribution in [-0.2, 0) is 9.84 Å². The van der Waals surface area contributed by atoms with Gasteiger partial charge in [0, 0.05) is 12.8 Å². The lowest BCUT2D eigenvalue weighted by Crippen LogP contribution is -2.16. The Morgan fingerprint density at radius 1 is 1.50 bits per heavy atom. The zero-order valence-electron chi connectivity index (χ0n) is 8.67. The van der Waals surface area contributed by atoms with Crippen molar-refractivity contribution in [3.8, 4) is 0 Å². The maximum atomic E-state index is 10.9. The minimum atomic E-state index is -2.97. The molecule has 0 amide bonds. The second-order valence-corrected chi connectivity index (χ2v) is 5.91. The molecule has 0 atom stereocenters. The largest absolute Gasteiger partial charge is 0.388 e. The average Bonchev–Trinajstić information content (AvgIpc) is 2.16. The summed E-state index contributed by atoms with van der Waals surface area (Å²) in [7, 11) is -2.97. The number of hydrogen-bond donors (Lipinski definition) is 2. The Balaban J connectivity index is 2.53. The van der Waals surface area contributed by atoms with Gasteiger partial charge in [-0.2, -0.15) is 0 Å². The summed E-state index contributed by atoms with van der Waals surface area (Å²) in [4.78, 5) is 8.11. The molecular formula is C8H12N4O2S2. The highest BCUT2D eigenvalue weighted by molar-refractivity contribution is 7.90. The maximum Gasteiger partial charge on any atom is 0.149 e. The molecule has 1 aromatic rings. The van der Waals surface area contributed by atoms with Gasteiger partial charge >= 0.3 is 0 Å². The van der Waals surface area contributed by atoms with Gasteiger partial charge in [0.1, 0.15) is 26.3 Å². The van der Waals surface area contributed by atoms with Crippen molar-refractivity contribution in [3.63, 3.8) is 0 Å². The first-order chi connectivity index (χ1) is 7.38. The van der Waals surface area contributed by atoms with Crippen molar-refractivity contribution in [3.05, 3.63) is 18.1 Å². The Hall–Kier alpha value is -1.28. The van der Waals surface area contributed by atoms with E-state index in [9.17, 15) is 8.42 Å². The summed E-state index contributed by atoms with van der Waals surface area (Å²) in [5.74, 6) is 0.537. The third-order valence-corrected chi connectivity index (χ3v) is 2.84. The van der Waals surface area contributed by atoms with Crippen LogP contribution in [0.5, 0.6) is 0 Å². The van der Waals surface area contributed by atoms with Gasteiger partial charge in [-0.15, -0.1) is 0 Å². The first kappa shape index (κ1) is 12.8. The van der Waals surface area contributed by atoms with Gasteiger partial charge in [0.05, 0.1) is 18.1 Å². The van der Waals surface area contributed by atoms with E-state index in [2.05, 4.69) is 15.3 Å². The first-order valence-corrected chi connectivity index (χ1v) is 6.89. The molecule has 0 aliphatic heterocycles. The summed E-state index contributed by atoms with van der Waals surface area (Å²) >= 11 is 4.72. The highest BCUT2D eigenvalue weighted by Gasteiger charge is 2.03. The number of aromatic nitrogens is 2. The van der Waals surface area contributed by atoms with Crippen LogP contribution in [0.15, 0.2) is 12.4 Å². The fourth-order valence-electron chi connectivity index (χ4n) is 0.911. The average molecular weight is 260 g/mol. The van der Waals surface area contributed by atoms with E-state index in [-0.39, 0.29) is 10.7 Å². The molecule has 0 saturated heterocycles. The summed E-state index contributed by atoms with van der Waals surface area (Å²) in [6, 6.07) is 0. The van der Waals surface area contributed by atoms with Crippen molar-refractivity contribution < 1.29 is 8.42 Å². The van der Waals surface area contributed by atoms with E-state index in [0.29, 0.717) is 18.1 Å². The number of nitrogens with zero attached hydrogens (tertiary/aromatic N) is 2. The van der Waals surface area contributed by atoms with Crippen molar-refractivity contribution in [1.82, 2.24) is 9.97 Å². The van der Waals surface area contributed by atoms with E-state index < -0.39 is 9.84 Å². The molecule has 0 radical (unpaired) electrons. The normalized spacial score (nSPS) is 11.1. The van der Waals surface area contributed by atoms with E-state index in [1.165, 1.54) is 18.6 Å². The first-order valence-electron chi connectivity index (χ1n) is 4.42. The molecule has 3 N–H and O–H groups in total. The van der Waals surface area contributed by atoms with Crippen molar-refractivity contribution in [2.24, 2.45) is 5.73 Å². The topological polar surface area (TPSA) is 98.0 Å². The third-order valence-electron chi connectivity index (χ3n) is 1.68. The smallest absolute Gasteiger partial charge is 0.149 e. The van der Waals surface area contributed by atoms with Crippen LogP contribution in [0.25, 0.3) is 0 Å². The predicted molar refractivity (Wildman–Crippen MR) is 66.1 cm³/mol. The molecule has 0 aromatic carbocycles. The molecule has 1 aromatic heterocycles. The van der Waals surface area contributed by atoms with Crippen LogP contribution in [-0.4, -0.2) is 41.9 Å². The van der Waals surface area contributed by atoms with Crippen LogP contribution in [0.4, 0.5) is 5.82 Å². The fraction of sp³-hybridized carbons (Fsp3) is 0.375. The van der Waals surface area contributed by atoms with Crippen LogP contribution in [0, 0.1) is 0 Å². The van der Waals surface area contributed by atoms with Crippen molar-refractivity contribution in [2.75, 3.05) is 23.9 Å². The number of thiocarbonyl (C=S) groups is 1. The molecule has 0 saturated carbocycles. The number of nitrogens with one attached hydrogen (secondary N) is 1. The number of rotatable bonds is 5. The van der Waals surface area contributed by atoms with Gasteiger partial charge in [0.15, 0.2) is 0 Å². The van der Waals surface area contributed by atoms with E-state index >= 15 is 0 Å². The van der Waals surface area contributed by atoms with E-state index in [4.69, 9.17) is 18.0 Å². The summed E-state index contributed by atoms with van der Waals surface area (Å²) in [5, 5.41) is 2.83. The lowest BCUT2D eigenvalue weighted by atomic mass is 10.4. The number of hydrogen-bond acceptors (Lipinski definition) is 6. The van der Waals surface area contributed by atoms with Gasteiger partial charge in [-0.1, -0.05) is 12.2 Å². The fourth-order valence-corrected chi connectivity index (χ4v) is 1.49. The molecular weight excluding hydrogens is 248 g/mol. The molecule has 0 spiro atoms. The Morgan fingerprint density at radius 2 is 2.19 bits per heavy atom. The predicted octanol–water partition coefficient (Wildman–Crippen LogP) is -0.433. The van der Waals surface area contributed by atoms with Crippen LogP contribution >= 0.6 is 12.2 Å². The van der Waals surface area contributed by atoms with Gasteiger partial charge in [-0.25, -0.2) is 18.4 Å². The molecule has 8 heteroatoms. The van der Waals surface area contributed by atoms with Gasteiger partial charge in [-0.3, -0.25) is 0 Å². The van der Waals surface area contributed by atoms with Gasteiger partial charge in [0.25, 0.3) is 0 Å². The van der Waals surface area contributed by atoms with Gasteiger partial charge in [0.2, 0.25) is 0 Å². The molecule has 88 valence electrons. The lowest BCUT2D eigenvalue weighted by Gasteiger charge is -2.04. The second kappa shape index (κ2) is 5.17. The van der Waals surface area contributed by atoms with E-state index in [0.717, 1.165) is 0 Å². The minimum Gasteiger partial charge on any atom is -0.388 e. The highest BCUT2D eigenvalue weighted by Crippen LogP contribution is 2.00.